The highest BCUT2D eigenvalue weighted by molar-refractivity contribution is 6.31. The molecule has 0 fully saturated rings. The predicted octanol–water partition coefficient (Wildman–Crippen LogP) is 3.72. The van der Waals surface area contributed by atoms with Crippen LogP contribution in [-0.4, -0.2) is 17.4 Å². The maximum absolute atomic E-state index is 13.2. The largest absolute Gasteiger partial charge is 0.398 e. The lowest BCUT2D eigenvalue weighted by Crippen LogP contribution is -2.30. The predicted molar refractivity (Wildman–Crippen MR) is 82.7 cm³/mol. The van der Waals surface area contributed by atoms with Crippen LogP contribution in [0.4, 0.5) is 10.1 Å². The lowest BCUT2D eigenvalue weighted by Gasteiger charge is -2.22. The third kappa shape index (κ3) is 3.73. The highest BCUT2D eigenvalue weighted by Crippen LogP contribution is 2.20. The van der Waals surface area contributed by atoms with Crippen molar-refractivity contribution in [3.8, 4) is 0 Å². The van der Waals surface area contributed by atoms with E-state index in [1.54, 1.807) is 35.2 Å². The van der Waals surface area contributed by atoms with Gasteiger partial charge in [-0.1, -0.05) is 23.7 Å². The fourth-order valence-electron chi connectivity index (χ4n) is 2.08. The molecule has 0 aliphatic rings. The maximum atomic E-state index is 13.2. The average Bonchev–Trinajstić information content (AvgIpc) is 2.44. The lowest BCUT2D eigenvalue weighted by molar-refractivity contribution is 0.0753. The van der Waals surface area contributed by atoms with E-state index in [9.17, 15) is 9.18 Å². The van der Waals surface area contributed by atoms with Crippen LogP contribution in [0.5, 0.6) is 0 Å². The van der Waals surface area contributed by atoms with Crippen LogP contribution in [-0.2, 0) is 6.54 Å². The Bertz CT molecular complexity index is 660. The maximum Gasteiger partial charge on any atom is 0.256 e. The summed E-state index contributed by atoms with van der Waals surface area (Å²) in [6, 6.07) is 11.0. The number of nitrogen functional groups attached to an aromatic ring is 1. The molecule has 0 aromatic heterocycles. The van der Waals surface area contributed by atoms with Gasteiger partial charge in [0.15, 0.2) is 0 Å². The van der Waals surface area contributed by atoms with E-state index in [0.717, 1.165) is 5.56 Å². The summed E-state index contributed by atoms with van der Waals surface area (Å²) in [4.78, 5) is 14.1. The minimum Gasteiger partial charge on any atom is -0.398 e. The smallest absolute Gasteiger partial charge is 0.256 e. The monoisotopic (exact) mass is 306 g/mol. The third-order valence-corrected chi connectivity index (χ3v) is 3.41. The summed E-state index contributed by atoms with van der Waals surface area (Å²) in [6.45, 7) is 2.69. The first-order chi connectivity index (χ1) is 10.0. The van der Waals surface area contributed by atoms with Crippen molar-refractivity contribution in [3.63, 3.8) is 0 Å². The number of carbonyl (C=O) groups excluding carboxylic acids is 1. The first-order valence-corrected chi connectivity index (χ1v) is 6.97. The van der Waals surface area contributed by atoms with Gasteiger partial charge in [0.1, 0.15) is 5.82 Å². The molecule has 0 saturated carbocycles. The second kappa shape index (κ2) is 6.59. The molecule has 0 aliphatic heterocycles. The van der Waals surface area contributed by atoms with E-state index >= 15 is 0 Å². The molecule has 0 atom stereocenters. The van der Waals surface area contributed by atoms with Gasteiger partial charge in [0.05, 0.1) is 5.56 Å². The summed E-state index contributed by atoms with van der Waals surface area (Å²) in [7, 11) is 0. The van der Waals surface area contributed by atoms with Crippen LogP contribution >= 0.6 is 11.6 Å². The van der Waals surface area contributed by atoms with Gasteiger partial charge in [0.25, 0.3) is 5.91 Å². The molecule has 21 heavy (non-hydrogen) atoms. The first kappa shape index (κ1) is 15.3. The summed E-state index contributed by atoms with van der Waals surface area (Å²) in [6.07, 6.45) is 0. The van der Waals surface area contributed by atoms with Gasteiger partial charge in [-0.2, -0.15) is 0 Å². The summed E-state index contributed by atoms with van der Waals surface area (Å²) >= 11 is 5.84. The topological polar surface area (TPSA) is 46.3 Å². The number of hydrogen-bond acceptors (Lipinski definition) is 2. The zero-order valence-corrected chi connectivity index (χ0v) is 12.4. The average molecular weight is 307 g/mol. The molecule has 0 bridgehead atoms. The Balaban J connectivity index is 2.22. The molecule has 0 heterocycles. The highest BCUT2D eigenvalue weighted by atomic mass is 35.5. The number of anilines is 1. The molecule has 0 radical (unpaired) electrons. The number of carbonyl (C=O) groups is 1. The minimum atomic E-state index is -0.318. The van der Waals surface area contributed by atoms with Gasteiger partial charge in [-0.05, 0) is 42.8 Å². The number of nitrogens with two attached hydrogens (primary N) is 1. The molecule has 2 N–H and O–H groups in total. The zero-order valence-electron chi connectivity index (χ0n) is 11.6. The molecule has 2 aromatic rings. The molecular weight excluding hydrogens is 291 g/mol. The second-order valence-electron chi connectivity index (χ2n) is 4.68. The van der Waals surface area contributed by atoms with Crippen LogP contribution < -0.4 is 5.73 Å². The van der Waals surface area contributed by atoms with Crippen molar-refractivity contribution in [2.24, 2.45) is 0 Å². The lowest BCUT2D eigenvalue weighted by atomic mass is 10.1. The first-order valence-electron chi connectivity index (χ1n) is 6.60. The van der Waals surface area contributed by atoms with Gasteiger partial charge in [0, 0.05) is 23.8 Å². The van der Waals surface area contributed by atoms with Gasteiger partial charge in [0.2, 0.25) is 0 Å². The highest BCUT2D eigenvalue weighted by Gasteiger charge is 2.17. The van der Waals surface area contributed by atoms with Crippen LogP contribution in [0.25, 0.3) is 0 Å². The minimum absolute atomic E-state index is 0.198. The molecule has 110 valence electrons. The van der Waals surface area contributed by atoms with E-state index in [0.29, 0.717) is 29.4 Å². The van der Waals surface area contributed by atoms with Crippen molar-refractivity contribution >= 4 is 23.2 Å². The molecule has 1 amide bonds. The van der Waals surface area contributed by atoms with E-state index in [4.69, 9.17) is 17.3 Å². The Morgan fingerprint density at radius 2 is 2.05 bits per heavy atom. The molecule has 0 unspecified atom stereocenters. The molecule has 0 saturated heterocycles. The summed E-state index contributed by atoms with van der Waals surface area (Å²) in [5.74, 6) is -0.516. The van der Waals surface area contributed by atoms with E-state index in [-0.39, 0.29) is 11.7 Å². The van der Waals surface area contributed by atoms with E-state index in [1.807, 2.05) is 6.92 Å². The number of hydrogen-bond donors (Lipinski definition) is 1. The quantitative estimate of drug-likeness (QED) is 0.875. The zero-order chi connectivity index (χ0) is 15.4. The van der Waals surface area contributed by atoms with Crippen LogP contribution in [0.15, 0.2) is 42.5 Å². The number of benzene rings is 2. The van der Waals surface area contributed by atoms with Gasteiger partial charge >= 0.3 is 0 Å². The van der Waals surface area contributed by atoms with Crippen molar-refractivity contribution < 1.29 is 9.18 Å². The molecule has 0 spiro atoms. The third-order valence-electron chi connectivity index (χ3n) is 3.18. The fourth-order valence-corrected chi connectivity index (χ4v) is 2.26. The van der Waals surface area contributed by atoms with E-state index in [1.165, 1.54) is 12.1 Å². The van der Waals surface area contributed by atoms with Gasteiger partial charge < -0.3 is 10.6 Å². The standard InChI is InChI=1S/C16H16ClFN2O/c1-2-20(10-11-4-3-5-13(18)8-11)16(21)14-7-6-12(17)9-15(14)19/h3-9H,2,10,19H2,1H3. The Morgan fingerprint density at radius 1 is 1.29 bits per heavy atom. The molecule has 2 rings (SSSR count). The molecule has 3 nitrogen and oxygen atoms in total. The Hall–Kier alpha value is -2.07. The van der Waals surface area contributed by atoms with Crippen molar-refractivity contribution in [2.45, 2.75) is 13.5 Å². The van der Waals surface area contributed by atoms with Crippen LogP contribution in [0.3, 0.4) is 0 Å². The van der Waals surface area contributed by atoms with Crippen molar-refractivity contribution in [3.05, 3.63) is 64.4 Å². The van der Waals surface area contributed by atoms with Gasteiger partial charge in [-0.15, -0.1) is 0 Å². The van der Waals surface area contributed by atoms with Gasteiger partial charge in [-0.3, -0.25) is 4.79 Å². The number of nitrogens with zero attached hydrogens (tertiary/aromatic N) is 1. The fraction of sp³-hybridized carbons (Fsp3) is 0.188. The van der Waals surface area contributed by atoms with Crippen LogP contribution in [0, 0.1) is 5.82 Å². The van der Waals surface area contributed by atoms with Crippen LogP contribution in [0.2, 0.25) is 5.02 Å². The van der Waals surface area contributed by atoms with E-state index < -0.39 is 0 Å². The van der Waals surface area contributed by atoms with E-state index in [2.05, 4.69) is 0 Å². The SMILES string of the molecule is CCN(Cc1cccc(F)c1)C(=O)c1ccc(Cl)cc1N. The molecule has 2 aromatic carbocycles. The number of halogens is 2. The molecule has 5 heteroatoms. The van der Waals surface area contributed by atoms with Gasteiger partial charge in [-0.25, -0.2) is 4.39 Å². The Kier molecular flexibility index (Phi) is 4.81. The molecular formula is C16H16ClFN2O. The number of amides is 1. The van der Waals surface area contributed by atoms with Crippen molar-refractivity contribution in [1.82, 2.24) is 4.90 Å². The summed E-state index contributed by atoms with van der Waals surface area (Å²) in [5.41, 5.74) is 7.31. The van der Waals surface area contributed by atoms with Crippen LogP contribution in [0.1, 0.15) is 22.8 Å². The second-order valence-corrected chi connectivity index (χ2v) is 5.12. The normalized spacial score (nSPS) is 10.4. The molecule has 0 aliphatic carbocycles. The summed E-state index contributed by atoms with van der Waals surface area (Å²) < 4.78 is 13.2. The Labute approximate surface area is 128 Å². The number of rotatable bonds is 4. The Morgan fingerprint density at radius 3 is 2.67 bits per heavy atom. The summed E-state index contributed by atoms with van der Waals surface area (Å²) in [5, 5.41) is 0.484. The van der Waals surface area contributed by atoms with Crippen molar-refractivity contribution in [2.75, 3.05) is 12.3 Å². The van der Waals surface area contributed by atoms with Crippen molar-refractivity contribution in [1.29, 1.82) is 0 Å².